The molecule has 74 valence electrons. The molecule has 0 aliphatic rings. The molecule has 0 aromatic heterocycles. The summed E-state index contributed by atoms with van der Waals surface area (Å²) in [4.78, 5) is 2.37. The summed E-state index contributed by atoms with van der Waals surface area (Å²) in [6.45, 7) is 8.91. The molecule has 0 saturated heterocycles. The predicted octanol–water partition coefficient (Wildman–Crippen LogP) is 1.44. The largest absolute Gasteiger partial charge is 0.395 e. The lowest BCUT2D eigenvalue weighted by Gasteiger charge is -2.31. The second-order valence-corrected chi connectivity index (χ2v) is 4.00. The van der Waals surface area contributed by atoms with Crippen molar-refractivity contribution >= 4 is 11.8 Å². The van der Waals surface area contributed by atoms with Gasteiger partial charge in [0.2, 0.25) is 0 Å². The van der Waals surface area contributed by atoms with Crippen molar-refractivity contribution in [1.82, 2.24) is 4.90 Å². The number of nitrogens with zero attached hydrogens (tertiary/aromatic N) is 1. The monoisotopic (exact) mass is 191 g/mol. The van der Waals surface area contributed by atoms with Crippen molar-refractivity contribution in [2.24, 2.45) is 0 Å². The lowest BCUT2D eigenvalue weighted by Crippen LogP contribution is -2.41. The van der Waals surface area contributed by atoms with Gasteiger partial charge in [-0.1, -0.05) is 13.8 Å². The summed E-state index contributed by atoms with van der Waals surface area (Å²) in [7, 11) is 0. The highest BCUT2D eigenvalue weighted by molar-refractivity contribution is 7.99. The summed E-state index contributed by atoms with van der Waals surface area (Å²) < 4.78 is 0. The van der Waals surface area contributed by atoms with E-state index in [0.29, 0.717) is 11.3 Å². The maximum atomic E-state index is 9.09. The Balaban J connectivity index is 4.02. The molecule has 12 heavy (non-hydrogen) atoms. The average molecular weight is 191 g/mol. The van der Waals surface area contributed by atoms with Crippen LogP contribution in [-0.2, 0) is 0 Å². The molecule has 0 aromatic carbocycles. The van der Waals surface area contributed by atoms with Crippen LogP contribution in [0.5, 0.6) is 0 Å². The van der Waals surface area contributed by atoms with Crippen LogP contribution < -0.4 is 0 Å². The third-order valence-electron chi connectivity index (χ3n) is 2.41. The summed E-state index contributed by atoms with van der Waals surface area (Å²) in [6, 6.07) is 0.472. The van der Waals surface area contributed by atoms with E-state index < -0.39 is 0 Å². The predicted molar refractivity (Wildman–Crippen MR) is 56.8 cm³/mol. The molecule has 2 unspecified atom stereocenters. The summed E-state index contributed by atoms with van der Waals surface area (Å²) in [6.07, 6.45) is 2.06. The molecule has 0 heterocycles. The van der Waals surface area contributed by atoms with E-state index in [0.717, 1.165) is 13.1 Å². The lowest BCUT2D eigenvalue weighted by molar-refractivity contribution is 0.188. The SMILES string of the molecule is CCN(CC)C(C)C(CO)SC. The minimum atomic E-state index is 0.277. The Morgan fingerprint density at radius 3 is 2.08 bits per heavy atom. The molecule has 0 rings (SSSR count). The maximum absolute atomic E-state index is 9.09. The Kier molecular flexibility index (Phi) is 6.90. The van der Waals surface area contributed by atoms with Gasteiger partial charge >= 0.3 is 0 Å². The van der Waals surface area contributed by atoms with Crippen LogP contribution in [0.15, 0.2) is 0 Å². The summed E-state index contributed by atoms with van der Waals surface area (Å²) in [5.41, 5.74) is 0. The number of rotatable bonds is 6. The van der Waals surface area contributed by atoms with E-state index in [1.54, 1.807) is 11.8 Å². The lowest BCUT2D eigenvalue weighted by atomic mass is 10.2. The first-order valence-electron chi connectivity index (χ1n) is 4.58. The molecule has 0 aromatic rings. The van der Waals surface area contributed by atoms with E-state index in [9.17, 15) is 0 Å². The van der Waals surface area contributed by atoms with Crippen LogP contribution >= 0.6 is 11.8 Å². The Labute approximate surface area is 80.3 Å². The molecule has 0 radical (unpaired) electrons. The summed E-state index contributed by atoms with van der Waals surface area (Å²) in [5, 5.41) is 9.44. The Morgan fingerprint density at radius 1 is 1.33 bits per heavy atom. The van der Waals surface area contributed by atoms with Crippen LogP contribution in [0.2, 0.25) is 0 Å². The van der Waals surface area contributed by atoms with E-state index in [1.165, 1.54) is 0 Å². The highest BCUT2D eigenvalue weighted by atomic mass is 32.2. The molecule has 0 amide bonds. The summed E-state index contributed by atoms with van der Waals surface area (Å²) >= 11 is 1.75. The summed E-state index contributed by atoms with van der Waals surface area (Å²) in [5.74, 6) is 0. The molecule has 3 heteroatoms. The quantitative estimate of drug-likeness (QED) is 0.687. The second kappa shape index (κ2) is 6.75. The first-order valence-corrected chi connectivity index (χ1v) is 5.87. The maximum Gasteiger partial charge on any atom is 0.0565 e. The number of hydrogen-bond donors (Lipinski definition) is 1. The molecule has 0 bridgehead atoms. The van der Waals surface area contributed by atoms with E-state index >= 15 is 0 Å². The van der Waals surface area contributed by atoms with Crippen LogP contribution in [0.4, 0.5) is 0 Å². The van der Waals surface area contributed by atoms with Crippen LogP contribution in [-0.4, -0.2) is 47.3 Å². The first kappa shape index (κ1) is 12.3. The normalized spacial score (nSPS) is 16.5. The van der Waals surface area contributed by atoms with Gasteiger partial charge in [0.15, 0.2) is 0 Å². The third kappa shape index (κ3) is 3.33. The molecule has 2 nitrogen and oxygen atoms in total. The molecule has 0 aliphatic carbocycles. The second-order valence-electron chi connectivity index (χ2n) is 2.92. The van der Waals surface area contributed by atoms with Crippen LogP contribution in [0.25, 0.3) is 0 Å². The van der Waals surface area contributed by atoms with E-state index in [1.807, 2.05) is 0 Å². The van der Waals surface area contributed by atoms with Crippen molar-refractivity contribution in [3.05, 3.63) is 0 Å². The van der Waals surface area contributed by atoms with E-state index in [4.69, 9.17) is 5.11 Å². The molecule has 0 fully saturated rings. The van der Waals surface area contributed by atoms with Gasteiger partial charge in [-0.2, -0.15) is 11.8 Å². The fourth-order valence-corrected chi connectivity index (χ4v) is 2.17. The number of hydrogen-bond acceptors (Lipinski definition) is 3. The van der Waals surface area contributed by atoms with Crippen molar-refractivity contribution in [3.63, 3.8) is 0 Å². The molecule has 0 spiro atoms. The third-order valence-corrected chi connectivity index (χ3v) is 3.56. The topological polar surface area (TPSA) is 23.5 Å². The van der Waals surface area contributed by atoms with Gasteiger partial charge < -0.3 is 10.0 Å². The zero-order chi connectivity index (χ0) is 9.56. The van der Waals surface area contributed by atoms with Gasteiger partial charge in [-0.3, -0.25) is 0 Å². The molecular formula is C9H21NOS. The zero-order valence-electron chi connectivity index (χ0n) is 8.58. The number of aliphatic hydroxyl groups excluding tert-OH is 1. The van der Waals surface area contributed by atoms with Crippen LogP contribution in [0.3, 0.4) is 0 Å². The van der Waals surface area contributed by atoms with Crippen LogP contribution in [0, 0.1) is 0 Å². The van der Waals surface area contributed by atoms with Crippen molar-refractivity contribution in [2.45, 2.75) is 32.1 Å². The Hall–Kier alpha value is 0.270. The van der Waals surface area contributed by atoms with Crippen molar-refractivity contribution in [3.8, 4) is 0 Å². The van der Waals surface area contributed by atoms with Crippen molar-refractivity contribution < 1.29 is 5.11 Å². The number of thioether (sulfide) groups is 1. The van der Waals surface area contributed by atoms with E-state index in [2.05, 4.69) is 31.9 Å². The standard InChI is InChI=1S/C9H21NOS/c1-5-10(6-2)8(3)9(7-11)12-4/h8-9,11H,5-7H2,1-4H3. The minimum Gasteiger partial charge on any atom is -0.395 e. The molecular weight excluding hydrogens is 170 g/mol. The fraction of sp³-hybridized carbons (Fsp3) is 1.00. The first-order chi connectivity index (χ1) is 5.71. The minimum absolute atomic E-state index is 0.277. The Morgan fingerprint density at radius 2 is 1.83 bits per heavy atom. The zero-order valence-corrected chi connectivity index (χ0v) is 9.40. The fourth-order valence-electron chi connectivity index (χ4n) is 1.46. The van der Waals surface area contributed by atoms with Gasteiger partial charge in [-0.15, -0.1) is 0 Å². The van der Waals surface area contributed by atoms with Crippen molar-refractivity contribution in [2.75, 3.05) is 26.0 Å². The van der Waals surface area contributed by atoms with Gasteiger partial charge in [0.05, 0.1) is 6.61 Å². The average Bonchev–Trinajstić information content (AvgIpc) is 2.09. The molecule has 1 N–H and O–H groups in total. The smallest absolute Gasteiger partial charge is 0.0565 e. The van der Waals surface area contributed by atoms with Crippen molar-refractivity contribution in [1.29, 1.82) is 0 Å². The Bertz CT molecular complexity index is 90.7. The molecule has 0 aliphatic heterocycles. The van der Waals surface area contributed by atoms with Gasteiger partial charge in [-0.25, -0.2) is 0 Å². The van der Waals surface area contributed by atoms with Gasteiger partial charge in [0.25, 0.3) is 0 Å². The highest BCUT2D eigenvalue weighted by Crippen LogP contribution is 2.15. The van der Waals surface area contributed by atoms with Gasteiger partial charge in [-0.05, 0) is 26.3 Å². The number of aliphatic hydroxyl groups is 1. The van der Waals surface area contributed by atoms with E-state index in [-0.39, 0.29) is 6.61 Å². The molecule has 0 saturated carbocycles. The highest BCUT2D eigenvalue weighted by Gasteiger charge is 2.19. The van der Waals surface area contributed by atoms with Crippen LogP contribution in [0.1, 0.15) is 20.8 Å². The molecule has 2 atom stereocenters. The van der Waals surface area contributed by atoms with Gasteiger partial charge in [0.1, 0.15) is 0 Å². The van der Waals surface area contributed by atoms with Gasteiger partial charge in [0, 0.05) is 11.3 Å².